The van der Waals surface area contributed by atoms with E-state index in [1.54, 1.807) is 20.8 Å². The fraction of sp³-hybridized carbons (Fsp3) is 0.917. The number of nitrogens with two attached hydrogens (primary N) is 1. The van der Waals surface area contributed by atoms with Gasteiger partial charge >= 0.3 is 6.09 Å². The minimum absolute atomic E-state index is 0.123. The average molecular weight is 282 g/mol. The third kappa shape index (κ3) is 4.26. The van der Waals surface area contributed by atoms with Gasteiger partial charge in [-0.25, -0.2) is 18.0 Å². The topological polar surface area (TPSA) is 55.6 Å². The molecule has 1 fully saturated rings. The molecule has 0 radical (unpaired) electrons. The zero-order valence-electron chi connectivity index (χ0n) is 11.5. The van der Waals surface area contributed by atoms with Crippen molar-refractivity contribution in [3.05, 3.63) is 0 Å². The first-order valence-electron chi connectivity index (χ1n) is 6.24. The Kier molecular flexibility index (Phi) is 4.71. The van der Waals surface area contributed by atoms with E-state index in [1.165, 1.54) is 4.90 Å². The number of hydrogen-bond acceptors (Lipinski definition) is 3. The summed E-state index contributed by atoms with van der Waals surface area (Å²) < 4.78 is 43.6. The number of hydrogen-bond donors (Lipinski definition) is 1. The summed E-state index contributed by atoms with van der Waals surface area (Å²) in [6, 6.07) is 0. The SMILES string of the molecule is CC(C)(C)OC(=O)N1CCCC(N)(C(F)C(F)F)C1. The lowest BCUT2D eigenvalue weighted by molar-refractivity contribution is -0.0311. The maximum atomic E-state index is 13.5. The number of halogens is 3. The van der Waals surface area contributed by atoms with Gasteiger partial charge in [0.25, 0.3) is 6.43 Å². The van der Waals surface area contributed by atoms with Crippen molar-refractivity contribution in [3.63, 3.8) is 0 Å². The van der Waals surface area contributed by atoms with E-state index >= 15 is 0 Å². The van der Waals surface area contributed by atoms with Crippen LogP contribution in [0.15, 0.2) is 0 Å². The normalized spacial score (nSPS) is 26.4. The van der Waals surface area contributed by atoms with E-state index in [4.69, 9.17) is 10.5 Å². The van der Waals surface area contributed by atoms with Crippen LogP contribution in [0.25, 0.3) is 0 Å². The maximum Gasteiger partial charge on any atom is 0.410 e. The summed E-state index contributed by atoms with van der Waals surface area (Å²) in [7, 11) is 0. The van der Waals surface area contributed by atoms with Crippen molar-refractivity contribution in [1.82, 2.24) is 4.90 Å². The molecule has 2 atom stereocenters. The summed E-state index contributed by atoms with van der Waals surface area (Å²) in [5, 5.41) is 0. The molecule has 0 spiro atoms. The minimum atomic E-state index is -3.15. The monoisotopic (exact) mass is 282 g/mol. The molecule has 1 aliphatic heterocycles. The van der Waals surface area contributed by atoms with Crippen LogP contribution >= 0.6 is 0 Å². The summed E-state index contributed by atoms with van der Waals surface area (Å²) in [5.41, 5.74) is 3.30. The number of nitrogens with zero attached hydrogens (tertiary/aromatic N) is 1. The molecule has 1 saturated heterocycles. The number of alkyl halides is 3. The number of amides is 1. The Morgan fingerprint density at radius 2 is 1.95 bits per heavy atom. The number of likely N-dealkylation sites (tertiary alicyclic amines) is 1. The van der Waals surface area contributed by atoms with E-state index in [-0.39, 0.29) is 13.0 Å². The summed E-state index contributed by atoms with van der Waals surface area (Å²) in [6.07, 6.45) is -5.74. The fourth-order valence-electron chi connectivity index (χ4n) is 2.07. The summed E-state index contributed by atoms with van der Waals surface area (Å²) in [4.78, 5) is 13.0. The fourth-order valence-corrected chi connectivity index (χ4v) is 2.07. The van der Waals surface area contributed by atoms with Crippen LogP contribution in [0.1, 0.15) is 33.6 Å². The second-order valence-corrected chi connectivity index (χ2v) is 5.97. The number of carbonyl (C=O) groups excluding carboxylic acids is 1. The largest absolute Gasteiger partial charge is 0.444 e. The molecule has 1 aliphatic rings. The lowest BCUT2D eigenvalue weighted by Crippen LogP contribution is -2.62. The Morgan fingerprint density at radius 3 is 2.42 bits per heavy atom. The molecule has 0 bridgehead atoms. The van der Waals surface area contributed by atoms with Crippen molar-refractivity contribution >= 4 is 6.09 Å². The molecule has 112 valence electrons. The molecule has 1 amide bonds. The van der Waals surface area contributed by atoms with Gasteiger partial charge < -0.3 is 15.4 Å². The molecule has 1 rings (SSSR count). The standard InChI is InChI=1S/C12H21F3N2O2/c1-11(2,3)19-10(18)17-6-4-5-12(16,7-17)8(13)9(14)15/h8-9H,4-7,16H2,1-3H3. The van der Waals surface area contributed by atoms with Crippen molar-refractivity contribution in [2.24, 2.45) is 5.73 Å². The van der Waals surface area contributed by atoms with Crippen molar-refractivity contribution in [2.45, 2.75) is 57.3 Å². The van der Waals surface area contributed by atoms with E-state index in [9.17, 15) is 18.0 Å². The minimum Gasteiger partial charge on any atom is -0.444 e. The number of ether oxygens (including phenoxy) is 1. The highest BCUT2D eigenvalue weighted by atomic mass is 19.3. The van der Waals surface area contributed by atoms with Crippen LogP contribution in [0.3, 0.4) is 0 Å². The van der Waals surface area contributed by atoms with E-state index < -0.39 is 29.8 Å². The van der Waals surface area contributed by atoms with Crippen molar-refractivity contribution in [1.29, 1.82) is 0 Å². The van der Waals surface area contributed by atoms with E-state index in [0.29, 0.717) is 13.0 Å². The molecule has 0 aromatic heterocycles. The van der Waals surface area contributed by atoms with Gasteiger partial charge in [0.15, 0.2) is 6.17 Å². The van der Waals surface area contributed by atoms with Crippen molar-refractivity contribution in [2.75, 3.05) is 13.1 Å². The van der Waals surface area contributed by atoms with E-state index in [2.05, 4.69) is 0 Å². The molecular weight excluding hydrogens is 261 g/mol. The van der Waals surface area contributed by atoms with Crippen LogP contribution in [0.2, 0.25) is 0 Å². The molecule has 19 heavy (non-hydrogen) atoms. The lowest BCUT2D eigenvalue weighted by Gasteiger charge is -2.41. The molecule has 0 aromatic rings. The van der Waals surface area contributed by atoms with Crippen LogP contribution in [0.4, 0.5) is 18.0 Å². The van der Waals surface area contributed by atoms with Crippen molar-refractivity contribution in [3.8, 4) is 0 Å². The molecular formula is C12H21F3N2O2. The predicted octanol–water partition coefficient (Wildman–Crippen LogP) is 2.32. The van der Waals surface area contributed by atoms with Gasteiger partial charge in [-0.2, -0.15) is 0 Å². The van der Waals surface area contributed by atoms with Crippen LogP contribution in [-0.2, 0) is 4.74 Å². The summed E-state index contributed by atoms with van der Waals surface area (Å²) >= 11 is 0. The lowest BCUT2D eigenvalue weighted by atomic mass is 9.86. The highest BCUT2D eigenvalue weighted by molar-refractivity contribution is 5.68. The van der Waals surface area contributed by atoms with Gasteiger partial charge in [0.2, 0.25) is 0 Å². The van der Waals surface area contributed by atoms with Crippen molar-refractivity contribution < 1.29 is 22.7 Å². The first-order valence-corrected chi connectivity index (χ1v) is 6.24. The molecule has 0 aromatic carbocycles. The third-order valence-electron chi connectivity index (χ3n) is 2.98. The first kappa shape index (κ1) is 16.1. The molecule has 2 unspecified atom stereocenters. The zero-order chi connectivity index (χ0) is 14.8. The molecule has 1 heterocycles. The van der Waals surface area contributed by atoms with Crippen LogP contribution < -0.4 is 5.73 Å². The number of rotatable bonds is 2. The summed E-state index contributed by atoms with van der Waals surface area (Å²) in [6.45, 7) is 5.17. The Bertz CT molecular complexity index is 333. The highest BCUT2D eigenvalue weighted by Crippen LogP contribution is 2.28. The molecule has 2 N–H and O–H groups in total. The smallest absolute Gasteiger partial charge is 0.410 e. The second kappa shape index (κ2) is 5.56. The highest BCUT2D eigenvalue weighted by Gasteiger charge is 2.45. The molecule has 7 heteroatoms. The average Bonchev–Trinajstić information content (AvgIpc) is 2.25. The molecule has 0 aliphatic carbocycles. The van der Waals surface area contributed by atoms with E-state index in [1.807, 2.05) is 0 Å². The predicted molar refractivity (Wildman–Crippen MR) is 64.9 cm³/mol. The van der Waals surface area contributed by atoms with Gasteiger partial charge in [0, 0.05) is 13.1 Å². The van der Waals surface area contributed by atoms with Gasteiger partial charge in [0.1, 0.15) is 5.60 Å². The Hall–Kier alpha value is -0.980. The molecule has 0 saturated carbocycles. The number of carbonyl (C=O) groups is 1. The van der Waals surface area contributed by atoms with E-state index in [0.717, 1.165) is 0 Å². The van der Waals surface area contributed by atoms with Gasteiger partial charge in [-0.1, -0.05) is 0 Å². The first-order chi connectivity index (χ1) is 8.55. The van der Waals surface area contributed by atoms with Crippen LogP contribution in [0.5, 0.6) is 0 Å². The van der Waals surface area contributed by atoms with Crippen LogP contribution in [0, 0.1) is 0 Å². The molecule has 4 nitrogen and oxygen atoms in total. The quantitative estimate of drug-likeness (QED) is 0.845. The second-order valence-electron chi connectivity index (χ2n) is 5.97. The third-order valence-corrected chi connectivity index (χ3v) is 2.98. The van der Waals surface area contributed by atoms with Gasteiger partial charge in [-0.05, 0) is 33.6 Å². The Morgan fingerprint density at radius 1 is 1.37 bits per heavy atom. The van der Waals surface area contributed by atoms with Gasteiger partial charge in [0.05, 0.1) is 5.54 Å². The number of piperidine rings is 1. The summed E-state index contributed by atoms with van der Waals surface area (Å²) in [5.74, 6) is 0. The van der Waals surface area contributed by atoms with Gasteiger partial charge in [-0.3, -0.25) is 0 Å². The Labute approximate surface area is 111 Å². The maximum absolute atomic E-state index is 13.5. The van der Waals surface area contributed by atoms with Crippen LogP contribution in [-0.4, -0.2) is 47.8 Å². The zero-order valence-corrected chi connectivity index (χ0v) is 11.5. The Balaban J connectivity index is 2.71. The van der Waals surface area contributed by atoms with Gasteiger partial charge in [-0.15, -0.1) is 0 Å².